The van der Waals surface area contributed by atoms with Crippen molar-refractivity contribution in [1.29, 1.82) is 0 Å². The van der Waals surface area contributed by atoms with Crippen LogP contribution in [0.3, 0.4) is 0 Å². The first kappa shape index (κ1) is 14.7. The highest BCUT2D eigenvalue weighted by Crippen LogP contribution is 2.25. The Hall–Kier alpha value is -1.66. The van der Waals surface area contributed by atoms with Crippen molar-refractivity contribution in [1.82, 2.24) is 9.97 Å². The quantitative estimate of drug-likeness (QED) is 0.821. The van der Waals surface area contributed by atoms with Crippen LogP contribution in [0.25, 0.3) is 11.1 Å². The van der Waals surface area contributed by atoms with E-state index in [0.717, 1.165) is 4.47 Å². The second-order valence-corrected chi connectivity index (χ2v) is 5.08. The molecule has 20 heavy (non-hydrogen) atoms. The van der Waals surface area contributed by atoms with Crippen LogP contribution in [0.1, 0.15) is 12.7 Å². The van der Waals surface area contributed by atoms with E-state index in [0.29, 0.717) is 31.0 Å². The van der Waals surface area contributed by atoms with Crippen molar-refractivity contribution in [2.24, 2.45) is 0 Å². The fourth-order valence-corrected chi connectivity index (χ4v) is 2.24. The van der Waals surface area contributed by atoms with Gasteiger partial charge in [0, 0.05) is 17.5 Å². The Kier molecular flexibility index (Phi) is 4.92. The van der Waals surface area contributed by atoms with Gasteiger partial charge in [0.1, 0.15) is 11.4 Å². The fraction of sp³-hybridized carbons (Fsp3) is 0.286. The Balaban J connectivity index is 2.34. The summed E-state index contributed by atoms with van der Waals surface area (Å²) < 4.78 is 6.03. The average molecular weight is 339 g/mol. The summed E-state index contributed by atoms with van der Waals surface area (Å²) in [7, 11) is 0. The minimum absolute atomic E-state index is 0.173. The number of nitrogens with one attached hydrogen (secondary N) is 1. The molecule has 0 aliphatic rings. The first-order valence-electron chi connectivity index (χ1n) is 6.27. The summed E-state index contributed by atoms with van der Waals surface area (Å²) in [5.41, 5.74) is 0.426. The van der Waals surface area contributed by atoms with Crippen LogP contribution in [-0.2, 0) is 11.2 Å². The van der Waals surface area contributed by atoms with Gasteiger partial charge in [0.15, 0.2) is 0 Å². The molecular weight excluding hydrogens is 324 g/mol. The Morgan fingerprint density at radius 3 is 2.90 bits per heavy atom. The van der Waals surface area contributed by atoms with Crippen molar-refractivity contribution >= 4 is 15.9 Å². The molecule has 2 N–H and O–H groups in total. The third kappa shape index (κ3) is 3.46. The lowest BCUT2D eigenvalue weighted by atomic mass is 10.1. The van der Waals surface area contributed by atoms with Crippen molar-refractivity contribution < 1.29 is 9.84 Å². The van der Waals surface area contributed by atoms with Gasteiger partial charge in [-0.25, -0.2) is 0 Å². The second kappa shape index (κ2) is 6.67. The van der Waals surface area contributed by atoms with Crippen LogP contribution >= 0.6 is 15.9 Å². The van der Waals surface area contributed by atoms with Crippen LogP contribution in [0.4, 0.5) is 0 Å². The normalized spacial score (nSPS) is 10.7. The van der Waals surface area contributed by atoms with Crippen LogP contribution in [0.15, 0.2) is 33.5 Å². The van der Waals surface area contributed by atoms with Gasteiger partial charge in [0.05, 0.1) is 6.61 Å². The summed E-state index contributed by atoms with van der Waals surface area (Å²) in [6.45, 7) is 2.95. The lowest BCUT2D eigenvalue weighted by Crippen LogP contribution is -2.15. The van der Waals surface area contributed by atoms with E-state index < -0.39 is 0 Å². The molecule has 0 aliphatic carbocycles. The zero-order chi connectivity index (χ0) is 14.5. The van der Waals surface area contributed by atoms with Crippen molar-refractivity contribution in [2.75, 3.05) is 13.2 Å². The minimum Gasteiger partial charge on any atom is -0.493 e. The molecular formula is C14H15BrN2O3. The largest absolute Gasteiger partial charge is 0.493 e. The number of hydrogen-bond donors (Lipinski definition) is 2. The molecule has 1 aromatic heterocycles. The molecule has 0 aliphatic heterocycles. The lowest BCUT2D eigenvalue weighted by Gasteiger charge is -2.06. The molecule has 0 amide bonds. The van der Waals surface area contributed by atoms with E-state index in [2.05, 4.69) is 25.9 Å². The molecule has 0 atom stereocenters. The number of aromatic amines is 1. The number of halogens is 1. The topological polar surface area (TPSA) is 75.2 Å². The van der Waals surface area contributed by atoms with Gasteiger partial charge in [0.25, 0.3) is 5.56 Å². The summed E-state index contributed by atoms with van der Waals surface area (Å²) in [5.74, 6) is 0.151. The van der Waals surface area contributed by atoms with E-state index in [1.54, 1.807) is 18.2 Å². The van der Waals surface area contributed by atoms with Gasteiger partial charge in [-0.15, -0.1) is 0 Å². The van der Waals surface area contributed by atoms with Gasteiger partial charge in [0.2, 0.25) is 5.88 Å². The first-order chi connectivity index (χ1) is 9.61. The number of H-pyrrole nitrogens is 1. The zero-order valence-corrected chi connectivity index (χ0v) is 12.6. The molecule has 0 radical (unpaired) electrons. The van der Waals surface area contributed by atoms with Crippen molar-refractivity contribution in [3.8, 4) is 17.0 Å². The number of ether oxygens (including phenoxy) is 1. The molecule has 1 heterocycles. The highest BCUT2D eigenvalue weighted by molar-refractivity contribution is 9.10. The molecule has 2 rings (SSSR count). The highest BCUT2D eigenvalue weighted by Gasteiger charge is 2.13. The molecule has 0 bridgehead atoms. The summed E-state index contributed by atoms with van der Waals surface area (Å²) in [6, 6.07) is 7.14. The van der Waals surface area contributed by atoms with E-state index >= 15 is 0 Å². The molecule has 6 heteroatoms. The third-order valence-corrected chi connectivity index (χ3v) is 3.24. The van der Waals surface area contributed by atoms with Crippen molar-refractivity contribution in [2.45, 2.75) is 13.3 Å². The smallest absolute Gasteiger partial charge is 0.262 e. The molecule has 0 fully saturated rings. The number of hydrogen-bond acceptors (Lipinski definition) is 4. The average Bonchev–Trinajstić information content (AvgIpc) is 2.38. The van der Waals surface area contributed by atoms with Gasteiger partial charge in [-0.05, 0) is 24.6 Å². The Bertz CT molecular complexity index is 655. The van der Waals surface area contributed by atoms with E-state index in [9.17, 15) is 9.90 Å². The predicted molar refractivity (Wildman–Crippen MR) is 79.9 cm³/mol. The molecule has 5 nitrogen and oxygen atoms in total. The third-order valence-electron chi connectivity index (χ3n) is 2.75. The molecule has 0 spiro atoms. The maximum Gasteiger partial charge on any atom is 0.262 e. The summed E-state index contributed by atoms with van der Waals surface area (Å²) in [5, 5.41) is 9.99. The minimum atomic E-state index is -0.359. The van der Waals surface area contributed by atoms with Crippen LogP contribution in [-0.4, -0.2) is 28.3 Å². The second-order valence-electron chi connectivity index (χ2n) is 4.17. The maximum absolute atomic E-state index is 12.1. The first-order valence-corrected chi connectivity index (χ1v) is 7.07. The number of nitrogens with zero attached hydrogens (tertiary/aromatic N) is 1. The molecule has 0 saturated heterocycles. The van der Waals surface area contributed by atoms with Crippen LogP contribution in [0.2, 0.25) is 0 Å². The Morgan fingerprint density at radius 1 is 1.45 bits per heavy atom. The Morgan fingerprint density at radius 2 is 2.25 bits per heavy atom. The van der Waals surface area contributed by atoms with Gasteiger partial charge in [-0.3, -0.25) is 4.79 Å². The maximum atomic E-state index is 12.1. The molecule has 0 saturated carbocycles. The van der Waals surface area contributed by atoms with Gasteiger partial charge < -0.3 is 14.8 Å². The van der Waals surface area contributed by atoms with E-state index in [-0.39, 0.29) is 17.0 Å². The van der Waals surface area contributed by atoms with Gasteiger partial charge in [-0.1, -0.05) is 28.1 Å². The molecule has 2 aromatic rings. The Labute approximate surface area is 124 Å². The standard InChI is InChI=1S/C14H15BrN2O3/c1-2-20-7-6-11-16-13(18)12(14(19)17-11)9-4-3-5-10(15)8-9/h3-5,8H,2,6-7H2,1H3,(H2,16,17,18,19). The van der Waals surface area contributed by atoms with Gasteiger partial charge >= 0.3 is 0 Å². The lowest BCUT2D eigenvalue weighted by molar-refractivity contribution is 0.149. The molecule has 106 valence electrons. The predicted octanol–water partition coefficient (Wildman–Crippen LogP) is 2.48. The fourth-order valence-electron chi connectivity index (χ4n) is 1.84. The van der Waals surface area contributed by atoms with Crippen LogP contribution < -0.4 is 5.56 Å². The summed E-state index contributed by atoms with van der Waals surface area (Å²) in [4.78, 5) is 18.8. The van der Waals surface area contributed by atoms with Gasteiger partial charge in [-0.2, -0.15) is 4.98 Å². The number of aromatic hydroxyl groups is 1. The van der Waals surface area contributed by atoms with Crippen LogP contribution in [0.5, 0.6) is 5.88 Å². The summed E-state index contributed by atoms with van der Waals surface area (Å²) >= 11 is 3.33. The number of benzene rings is 1. The van der Waals surface area contributed by atoms with Crippen molar-refractivity contribution in [3.05, 3.63) is 44.9 Å². The number of aromatic nitrogens is 2. The van der Waals surface area contributed by atoms with E-state index in [4.69, 9.17) is 4.74 Å². The number of rotatable bonds is 5. The van der Waals surface area contributed by atoms with E-state index in [1.807, 2.05) is 13.0 Å². The van der Waals surface area contributed by atoms with E-state index in [1.165, 1.54) is 0 Å². The van der Waals surface area contributed by atoms with Crippen molar-refractivity contribution in [3.63, 3.8) is 0 Å². The highest BCUT2D eigenvalue weighted by atomic mass is 79.9. The molecule has 1 aromatic carbocycles. The zero-order valence-electron chi connectivity index (χ0n) is 11.0. The SMILES string of the molecule is CCOCCc1nc(O)c(-c2cccc(Br)c2)c(=O)[nH]1. The summed E-state index contributed by atoms with van der Waals surface area (Å²) in [6.07, 6.45) is 0.454. The monoisotopic (exact) mass is 338 g/mol. The molecule has 0 unspecified atom stereocenters. The van der Waals surface area contributed by atoms with Crippen LogP contribution in [0, 0.1) is 0 Å².